The van der Waals surface area contributed by atoms with E-state index in [0.717, 1.165) is 25.8 Å². The second kappa shape index (κ2) is 9.88. The van der Waals surface area contributed by atoms with Crippen LogP contribution in [-0.4, -0.2) is 59.0 Å². The van der Waals surface area contributed by atoms with E-state index in [9.17, 15) is 14.4 Å². The molecule has 0 bridgehead atoms. The lowest BCUT2D eigenvalue weighted by atomic mass is 9.85. The predicted molar refractivity (Wildman–Crippen MR) is 105 cm³/mol. The van der Waals surface area contributed by atoms with E-state index in [-0.39, 0.29) is 36.0 Å². The zero-order valence-corrected chi connectivity index (χ0v) is 17.5. The van der Waals surface area contributed by atoms with Crippen molar-refractivity contribution >= 4 is 17.8 Å². The molecule has 3 N–H and O–H groups in total. The number of hydrogen-bond donors (Lipinski definition) is 3. The van der Waals surface area contributed by atoms with Crippen LogP contribution in [0.15, 0.2) is 11.6 Å². The van der Waals surface area contributed by atoms with Crippen molar-refractivity contribution < 1.29 is 19.5 Å². The topological polar surface area (TPSA) is 98.7 Å². The first kappa shape index (κ1) is 23.1. The minimum atomic E-state index is -1.02. The highest BCUT2D eigenvalue weighted by Crippen LogP contribution is 2.23. The molecule has 2 atom stereocenters. The molecule has 0 aliphatic carbocycles. The van der Waals surface area contributed by atoms with Gasteiger partial charge in [0.05, 0.1) is 6.04 Å². The first-order valence-corrected chi connectivity index (χ1v) is 9.69. The number of amides is 2. The molecule has 0 radical (unpaired) electrons. The first-order valence-electron chi connectivity index (χ1n) is 9.69. The van der Waals surface area contributed by atoms with Gasteiger partial charge in [0, 0.05) is 18.2 Å². The van der Waals surface area contributed by atoms with Crippen molar-refractivity contribution in [3.63, 3.8) is 0 Å². The molecule has 1 saturated heterocycles. The van der Waals surface area contributed by atoms with Crippen molar-refractivity contribution in [2.24, 2.45) is 5.41 Å². The summed E-state index contributed by atoms with van der Waals surface area (Å²) in [6.07, 6.45) is 4.33. The van der Waals surface area contributed by atoms with Crippen molar-refractivity contribution in [3.05, 3.63) is 11.6 Å². The zero-order valence-electron chi connectivity index (χ0n) is 17.5. The highest BCUT2D eigenvalue weighted by atomic mass is 16.4. The summed E-state index contributed by atoms with van der Waals surface area (Å²) in [6.45, 7) is 12.3. The van der Waals surface area contributed by atoms with Crippen molar-refractivity contribution in [2.75, 3.05) is 13.1 Å². The summed E-state index contributed by atoms with van der Waals surface area (Å²) in [4.78, 5) is 38.6. The van der Waals surface area contributed by atoms with Gasteiger partial charge in [-0.05, 0) is 45.6 Å². The minimum absolute atomic E-state index is 0.112. The Balaban J connectivity index is 2.82. The number of hydrogen-bond acceptors (Lipinski definition) is 4. The number of nitrogens with one attached hydrogen (secondary N) is 2. The van der Waals surface area contributed by atoms with E-state index in [4.69, 9.17) is 5.11 Å². The average molecular weight is 382 g/mol. The molecule has 0 spiro atoms. The Labute approximate surface area is 162 Å². The van der Waals surface area contributed by atoms with Crippen molar-refractivity contribution in [3.8, 4) is 0 Å². The molecule has 2 unspecified atom stereocenters. The molecule has 0 aromatic carbocycles. The van der Waals surface area contributed by atoms with E-state index in [2.05, 4.69) is 29.4 Å². The number of likely N-dealkylation sites (tertiary alicyclic amines) is 1. The molecule has 7 heteroatoms. The van der Waals surface area contributed by atoms with Gasteiger partial charge >= 0.3 is 5.97 Å². The summed E-state index contributed by atoms with van der Waals surface area (Å²) >= 11 is 0. The van der Waals surface area contributed by atoms with Gasteiger partial charge in [0.25, 0.3) is 0 Å². The number of carboxylic acids is 1. The fourth-order valence-electron chi connectivity index (χ4n) is 3.26. The Bertz CT molecular complexity index is 578. The Hall–Kier alpha value is -1.89. The maximum Gasteiger partial charge on any atom is 0.331 e. The van der Waals surface area contributed by atoms with E-state index in [1.165, 1.54) is 13.0 Å². The number of carboxylic acid groups (broad SMARTS) is 1. The summed E-state index contributed by atoms with van der Waals surface area (Å²) in [5, 5.41) is 14.5. The summed E-state index contributed by atoms with van der Waals surface area (Å²) in [5.74, 6) is -1.44. The summed E-state index contributed by atoms with van der Waals surface area (Å²) < 4.78 is 0. The molecule has 0 saturated carbocycles. The third-order valence-corrected chi connectivity index (χ3v) is 4.95. The molecular weight excluding hydrogens is 346 g/mol. The molecule has 154 valence electrons. The van der Waals surface area contributed by atoms with Gasteiger partial charge in [-0.1, -0.05) is 33.3 Å². The minimum Gasteiger partial charge on any atom is -0.478 e. The van der Waals surface area contributed by atoms with Gasteiger partial charge in [-0.2, -0.15) is 0 Å². The summed E-state index contributed by atoms with van der Waals surface area (Å²) in [5.41, 5.74) is -0.302. The van der Waals surface area contributed by atoms with Crippen molar-refractivity contribution in [2.45, 2.75) is 78.9 Å². The van der Waals surface area contributed by atoms with E-state index in [1.807, 2.05) is 20.8 Å². The Morgan fingerprint density at radius 1 is 1.22 bits per heavy atom. The molecule has 1 heterocycles. The number of carbonyl (C=O) groups is 3. The second-order valence-corrected chi connectivity index (χ2v) is 8.59. The van der Waals surface area contributed by atoms with Crippen LogP contribution < -0.4 is 10.6 Å². The summed E-state index contributed by atoms with van der Waals surface area (Å²) in [7, 11) is 0. The van der Waals surface area contributed by atoms with Crippen molar-refractivity contribution in [1.82, 2.24) is 15.5 Å². The van der Waals surface area contributed by atoms with Gasteiger partial charge in [0.15, 0.2) is 0 Å². The molecule has 7 nitrogen and oxygen atoms in total. The van der Waals surface area contributed by atoms with Crippen LogP contribution in [0.5, 0.6) is 0 Å². The number of rotatable bonds is 7. The third-order valence-electron chi connectivity index (χ3n) is 4.95. The lowest BCUT2D eigenvalue weighted by Gasteiger charge is -2.39. The van der Waals surface area contributed by atoms with Gasteiger partial charge in [-0.3, -0.25) is 14.5 Å². The first-order chi connectivity index (χ1) is 12.4. The smallest absolute Gasteiger partial charge is 0.331 e. The molecular formula is C20H35N3O4. The molecule has 27 heavy (non-hydrogen) atoms. The lowest BCUT2D eigenvalue weighted by molar-refractivity contribution is -0.135. The van der Waals surface area contributed by atoms with Gasteiger partial charge < -0.3 is 15.7 Å². The number of aliphatic carboxylic acids is 1. The van der Waals surface area contributed by atoms with Crippen LogP contribution in [0.2, 0.25) is 0 Å². The second-order valence-electron chi connectivity index (χ2n) is 8.59. The van der Waals surface area contributed by atoms with Crippen molar-refractivity contribution in [1.29, 1.82) is 0 Å². The monoisotopic (exact) mass is 381 g/mol. The summed E-state index contributed by atoms with van der Waals surface area (Å²) in [6, 6.07) is -0.642. The fraction of sp³-hybridized carbons (Fsp3) is 0.750. The van der Waals surface area contributed by atoms with Crippen LogP contribution in [0.4, 0.5) is 0 Å². The number of nitrogens with zero attached hydrogens (tertiary/aromatic N) is 1. The predicted octanol–water partition coefficient (Wildman–Crippen LogP) is 1.93. The maximum absolute atomic E-state index is 12.9. The maximum atomic E-state index is 12.9. The SMILES string of the molecule is C/C(=C\CNC(=O)C(NC(=O)C1CCCCN1C(C)C)C(C)(C)C)C(=O)O. The molecule has 1 rings (SSSR count). The molecule has 1 aliphatic rings. The number of carbonyl (C=O) groups excluding carboxylic acids is 2. The van der Waals surface area contributed by atoms with Crippen LogP contribution in [-0.2, 0) is 14.4 Å². The van der Waals surface area contributed by atoms with Crippen LogP contribution >= 0.6 is 0 Å². The third kappa shape index (κ3) is 6.97. The van der Waals surface area contributed by atoms with Gasteiger partial charge in [0.1, 0.15) is 6.04 Å². The lowest BCUT2D eigenvalue weighted by Crippen LogP contribution is -2.59. The van der Waals surface area contributed by atoms with Crippen LogP contribution in [0, 0.1) is 5.41 Å². The van der Waals surface area contributed by atoms with Crippen LogP contribution in [0.1, 0.15) is 60.8 Å². The van der Waals surface area contributed by atoms with Crippen LogP contribution in [0.25, 0.3) is 0 Å². The van der Waals surface area contributed by atoms with E-state index >= 15 is 0 Å². The number of piperidine rings is 1. The zero-order chi connectivity index (χ0) is 20.8. The molecule has 2 amide bonds. The van der Waals surface area contributed by atoms with Gasteiger partial charge in [0.2, 0.25) is 11.8 Å². The average Bonchev–Trinajstić information content (AvgIpc) is 2.57. The Morgan fingerprint density at radius 2 is 1.85 bits per heavy atom. The van der Waals surface area contributed by atoms with Gasteiger partial charge in [-0.25, -0.2) is 4.79 Å². The normalized spacial score (nSPS) is 20.3. The largest absolute Gasteiger partial charge is 0.478 e. The van der Waals surface area contributed by atoms with E-state index in [0.29, 0.717) is 0 Å². The van der Waals surface area contributed by atoms with Crippen LogP contribution in [0.3, 0.4) is 0 Å². The molecule has 1 aliphatic heterocycles. The van der Waals surface area contributed by atoms with E-state index in [1.54, 1.807) is 0 Å². The quantitative estimate of drug-likeness (QED) is 0.585. The molecule has 0 aromatic heterocycles. The Morgan fingerprint density at radius 3 is 2.37 bits per heavy atom. The standard InChI is InChI=1S/C20H35N3O4/c1-13(2)23-12-8-7-9-15(23)17(24)22-16(20(4,5)6)18(25)21-11-10-14(3)19(26)27/h10,13,15-16H,7-9,11-12H2,1-6H3,(H,21,25)(H,22,24)(H,26,27)/b14-10+. The van der Waals surface area contributed by atoms with Gasteiger partial charge in [-0.15, -0.1) is 0 Å². The Kier molecular flexibility index (Phi) is 8.47. The highest BCUT2D eigenvalue weighted by Gasteiger charge is 2.37. The molecule has 0 aromatic rings. The fourth-order valence-corrected chi connectivity index (χ4v) is 3.26. The highest BCUT2D eigenvalue weighted by molar-refractivity contribution is 5.90. The van der Waals surface area contributed by atoms with E-state index < -0.39 is 17.4 Å². The molecule has 1 fully saturated rings.